The molecule has 0 aliphatic carbocycles. The lowest BCUT2D eigenvalue weighted by atomic mass is 10.1. The molecule has 0 fully saturated rings. The van der Waals surface area contributed by atoms with Crippen LogP contribution in [-0.2, 0) is 0 Å². The van der Waals surface area contributed by atoms with Crippen LogP contribution in [0.4, 0.5) is 0 Å². The first-order chi connectivity index (χ1) is 9.12. The fraction of sp³-hybridized carbons (Fsp3) is 0.500. The van der Waals surface area contributed by atoms with Crippen LogP contribution in [0, 0.1) is 0 Å². The van der Waals surface area contributed by atoms with Crippen molar-refractivity contribution in [2.45, 2.75) is 25.8 Å². The summed E-state index contributed by atoms with van der Waals surface area (Å²) in [5.74, 6) is 0.925. The molecular formula is C14H22N2O3. The number of carbonyl (C=O) groups is 1. The summed E-state index contributed by atoms with van der Waals surface area (Å²) in [6.45, 7) is 2.51. The number of nitrogens with two attached hydrogens (primary N) is 1. The second-order valence-corrected chi connectivity index (χ2v) is 4.32. The van der Waals surface area contributed by atoms with Crippen LogP contribution in [0.2, 0.25) is 0 Å². The molecular weight excluding hydrogens is 244 g/mol. The lowest BCUT2D eigenvalue weighted by molar-refractivity contribution is 0.0947. The molecule has 0 saturated heterocycles. The van der Waals surface area contributed by atoms with E-state index in [1.54, 1.807) is 25.3 Å². The largest absolute Gasteiger partial charge is 0.497 e. The van der Waals surface area contributed by atoms with Gasteiger partial charge in [-0.25, -0.2) is 0 Å². The zero-order valence-corrected chi connectivity index (χ0v) is 11.7. The van der Waals surface area contributed by atoms with E-state index in [0.717, 1.165) is 12.8 Å². The Kier molecular flexibility index (Phi) is 6.15. The Balaban J connectivity index is 2.74. The van der Waals surface area contributed by atoms with Gasteiger partial charge in [0.25, 0.3) is 5.91 Å². The third-order valence-electron chi connectivity index (χ3n) is 2.84. The van der Waals surface area contributed by atoms with E-state index in [2.05, 4.69) is 12.2 Å². The Morgan fingerprint density at radius 2 is 2.11 bits per heavy atom. The highest BCUT2D eigenvalue weighted by atomic mass is 16.5. The van der Waals surface area contributed by atoms with Gasteiger partial charge in [0.1, 0.15) is 11.5 Å². The summed E-state index contributed by atoms with van der Waals surface area (Å²) in [5, 5.41) is 2.81. The van der Waals surface area contributed by atoms with Gasteiger partial charge in [0.05, 0.1) is 19.8 Å². The van der Waals surface area contributed by atoms with Gasteiger partial charge in [-0.05, 0) is 24.6 Å². The zero-order valence-electron chi connectivity index (χ0n) is 11.7. The predicted molar refractivity (Wildman–Crippen MR) is 74.8 cm³/mol. The monoisotopic (exact) mass is 266 g/mol. The van der Waals surface area contributed by atoms with Gasteiger partial charge in [0.15, 0.2) is 0 Å². The third kappa shape index (κ3) is 4.44. The van der Waals surface area contributed by atoms with Gasteiger partial charge in [-0.15, -0.1) is 0 Å². The molecule has 1 amide bonds. The van der Waals surface area contributed by atoms with Gasteiger partial charge in [-0.3, -0.25) is 4.79 Å². The van der Waals surface area contributed by atoms with Crippen molar-refractivity contribution >= 4 is 5.91 Å². The molecule has 0 saturated carbocycles. The number of hydrogen-bond donors (Lipinski definition) is 2. The van der Waals surface area contributed by atoms with Crippen molar-refractivity contribution in [1.29, 1.82) is 0 Å². The number of nitrogens with one attached hydrogen (secondary N) is 1. The minimum Gasteiger partial charge on any atom is -0.497 e. The fourth-order valence-electron chi connectivity index (χ4n) is 1.78. The summed E-state index contributed by atoms with van der Waals surface area (Å²) >= 11 is 0. The summed E-state index contributed by atoms with van der Waals surface area (Å²) in [5.41, 5.74) is 6.32. The lowest BCUT2D eigenvalue weighted by Gasteiger charge is -2.14. The first-order valence-corrected chi connectivity index (χ1v) is 6.38. The normalized spacial score (nSPS) is 11.8. The number of ether oxygens (including phenoxy) is 2. The zero-order chi connectivity index (χ0) is 14.3. The molecule has 0 radical (unpaired) electrons. The smallest absolute Gasteiger partial charge is 0.255 e. The Morgan fingerprint density at radius 3 is 2.68 bits per heavy atom. The average Bonchev–Trinajstić information content (AvgIpc) is 2.44. The minimum atomic E-state index is -0.206. The van der Waals surface area contributed by atoms with Gasteiger partial charge in [0.2, 0.25) is 0 Å². The van der Waals surface area contributed by atoms with Crippen LogP contribution in [0.5, 0.6) is 11.5 Å². The molecule has 19 heavy (non-hydrogen) atoms. The van der Waals surface area contributed by atoms with Crippen LogP contribution in [0.3, 0.4) is 0 Å². The number of amides is 1. The predicted octanol–water partition coefficient (Wildman–Crippen LogP) is 1.56. The lowest BCUT2D eigenvalue weighted by Crippen LogP contribution is -2.37. The number of rotatable bonds is 7. The van der Waals surface area contributed by atoms with Crippen LogP contribution in [0.25, 0.3) is 0 Å². The maximum absolute atomic E-state index is 12.1. The van der Waals surface area contributed by atoms with Gasteiger partial charge < -0.3 is 20.5 Å². The van der Waals surface area contributed by atoms with E-state index in [4.69, 9.17) is 15.2 Å². The van der Waals surface area contributed by atoms with Gasteiger partial charge >= 0.3 is 0 Å². The Morgan fingerprint density at radius 1 is 1.37 bits per heavy atom. The molecule has 106 valence electrons. The first-order valence-electron chi connectivity index (χ1n) is 6.38. The van der Waals surface area contributed by atoms with E-state index >= 15 is 0 Å². The van der Waals surface area contributed by atoms with Crippen LogP contribution >= 0.6 is 0 Å². The van der Waals surface area contributed by atoms with Crippen molar-refractivity contribution < 1.29 is 14.3 Å². The maximum Gasteiger partial charge on any atom is 0.255 e. The minimum absolute atomic E-state index is 0.0226. The van der Waals surface area contributed by atoms with Gasteiger partial charge in [0, 0.05) is 12.6 Å². The molecule has 0 bridgehead atoms. The quantitative estimate of drug-likeness (QED) is 0.785. The molecule has 0 aliphatic rings. The highest BCUT2D eigenvalue weighted by molar-refractivity contribution is 5.97. The van der Waals surface area contributed by atoms with Crippen LogP contribution < -0.4 is 20.5 Å². The van der Waals surface area contributed by atoms with Gasteiger partial charge in [-0.2, -0.15) is 0 Å². The Labute approximate surface area is 114 Å². The molecule has 1 aromatic rings. The van der Waals surface area contributed by atoms with E-state index in [-0.39, 0.29) is 11.9 Å². The molecule has 0 aliphatic heterocycles. The third-order valence-corrected chi connectivity index (χ3v) is 2.84. The molecule has 1 atom stereocenters. The highest BCUT2D eigenvalue weighted by Crippen LogP contribution is 2.23. The number of hydrogen-bond acceptors (Lipinski definition) is 4. The standard InChI is InChI=1S/C14H22N2O3/c1-4-5-10(15)9-16-14(17)12-8-11(18-2)6-7-13(12)19-3/h6-8,10H,4-5,9,15H2,1-3H3,(H,16,17). The van der Waals surface area contributed by atoms with Crippen LogP contribution in [0.1, 0.15) is 30.1 Å². The van der Waals surface area contributed by atoms with E-state index < -0.39 is 0 Å². The fourth-order valence-corrected chi connectivity index (χ4v) is 1.78. The molecule has 5 nitrogen and oxygen atoms in total. The second kappa shape index (κ2) is 7.63. The summed E-state index contributed by atoms with van der Waals surface area (Å²) in [6, 6.07) is 5.09. The van der Waals surface area contributed by atoms with E-state index in [0.29, 0.717) is 23.6 Å². The molecule has 0 heterocycles. The van der Waals surface area contributed by atoms with Crippen molar-refractivity contribution in [3.8, 4) is 11.5 Å². The number of methoxy groups -OCH3 is 2. The van der Waals surface area contributed by atoms with Crippen molar-refractivity contribution in [3.63, 3.8) is 0 Å². The van der Waals surface area contributed by atoms with Crippen LogP contribution in [0.15, 0.2) is 18.2 Å². The molecule has 1 unspecified atom stereocenters. The SMILES string of the molecule is CCCC(N)CNC(=O)c1cc(OC)ccc1OC. The van der Waals surface area contributed by atoms with Crippen LogP contribution in [-0.4, -0.2) is 32.7 Å². The van der Waals surface area contributed by atoms with Crippen molar-refractivity contribution in [2.24, 2.45) is 5.73 Å². The Hall–Kier alpha value is -1.75. The molecule has 0 spiro atoms. The topological polar surface area (TPSA) is 73.6 Å². The summed E-state index contributed by atoms with van der Waals surface area (Å²) in [6.07, 6.45) is 1.88. The second-order valence-electron chi connectivity index (χ2n) is 4.32. The molecule has 1 rings (SSSR count). The van der Waals surface area contributed by atoms with E-state index in [9.17, 15) is 4.79 Å². The molecule has 3 N–H and O–H groups in total. The van der Waals surface area contributed by atoms with Gasteiger partial charge in [-0.1, -0.05) is 13.3 Å². The molecule has 1 aromatic carbocycles. The highest BCUT2D eigenvalue weighted by Gasteiger charge is 2.14. The van der Waals surface area contributed by atoms with Crippen molar-refractivity contribution in [1.82, 2.24) is 5.32 Å². The average molecular weight is 266 g/mol. The van der Waals surface area contributed by atoms with Crippen molar-refractivity contribution in [2.75, 3.05) is 20.8 Å². The maximum atomic E-state index is 12.1. The summed E-state index contributed by atoms with van der Waals surface area (Å²) in [4.78, 5) is 12.1. The van der Waals surface area contributed by atoms with E-state index in [1.165, 1.54) is 7.11 Å². The first kappa shape index (κ1) is 15.3. The molecule has 0 aromatic heterocycles. The Bertz CT molecular complexity index is 421. The number of carbonyl (C=O) groups excluding carboxylic acids is 1. The van der Waals surface area contributed by atoms with Crippen molar-refractivity contribution in [3.05, 3.63) is 23.8 Å². The molecule has 5 heteroatoms. The number of benzene rings is 1. The van der Waals surface area contributed by atoms with E-state index in [1.807, 2.05) is 0 Å². The summed E-state index contributed by atoms with van der Waals surface area (Å²) < 4.78 is 10.3. The summed E-state index contributed by atoms with van der Waals surface area (Å²) in [7, 11) is 3.09.